The Morgan fingerprint density at radius 3 is 2.37 bits per heavy atom. The van der Waals surface area contributed by atoms with Crippen molar-refractivity contribution in [2.24, 2.45) is 0 Å². The number of urea groups is 1. The molecule has 1 atom stereocenters. The smallest absolute Gasteiger partial charge is 0.389 e. The van der Waals surface area contributed by atoms with Crippen molar-refractivity contribution in [2.75, 3.05) is 59.8 Å². The zero-order valence-corrected chi connectivity index (χ0v) is 20.1. The molecule has 12 heteroatoms. The summed E-state index contributed by atoms with van der Waals surface area (Å²) in [5.74, 6) is -0.486. The Hall–Kier alpha value is -2.57. The molecule has 1 aromatic carbocycles. The fraction of sp³-hybridized carbons (Fsp3) is 0.652. The molecule has 2 amide bonds. The van der Waals surface area contributed by atoms with Gasteiger partial charge in [-0.2, -0.15) is 13.2 Å². The van der Waals surface area contributed by atoms with Gasteiger partial charge in [0.05, 0.1) is 19.8 Å². The van der Waals surface area contributed by atoms with Crippen LogP contribution in [0.15, 0.2) is 24.3 Å². The molecule has 2 N–H and O–H groups in total. The quantitative estimate of drug-likeness (QED) is 0.294. The summed E-state index contributed by atoms with van der Waals surface area (Å²) in [6.07, 6.45) is -5.97. The second-order valence-corrected chi connectivity index (χ2v) is 7.52. The minimum Gasteiger partial charge on any atom is -0.492 e. The first-order chi connectivity index (χ1) is 16.7. The third kappa shape index (κ3) is 14.4. The van der Waals surface area contributed by atoms with Crippen molar-refractivity contribution >= 4 is 12.0 Å². The summed E-state index contributed by atoms with van der Waals surface area (Å²) in [4.78, 5) is 25.1. The molecule has 0 aliphatic carbocycles. The number of aliphatic carboxylic acids is 1. The lowest BCUT2D eigenvalue weighted by molar-refractivity contribution is -0.150. The molecule has 9 nitrogen and oxygen atoms in total. The third-order valence-corrected chi connectivity index (χ3v) is 4.74. The lowest BCUT2D eigenvalue weighted by Crippen LogP contribution is -2.44. The number of hydrogen-bond acceptors (Lipinski definition) is 6. The molecule has 1 rings (SSSR count). The van der Waals surface area contributed by atoms with E-state index < -0.39 is 24.7 Å². The predicted molar refractivity (Wildman–Crippen MR) is 122 cm³/mol. The van der Waals surface area contributed by atoms with Crippen molar-refractivity contribution in [3.05, 3.63) is 29.8 Å². The summed E-state index contributed by atoms with van der Waals surface area (Å²) in [5.41, 5.74) is 0.778. The Balaban J connectivity index is 2.51. The van der Waals surface area contributed by atoms with Crippen LogP contribution in [0, 0.1) is 0 Å². The van der Waals surface area contributed by atoms with Crippen molar-refractivity contribution < 1.29 is 46.8 Å². The van der Waals surface area contributed by atoms with Gasteiger partial charge in [-0.3, -0.25) is 0 Å². The van der Waals surface area contributed by atoms with Crippen LogP contribution in [0.5, 0.6) is 5.75 Å². The van der Waals surface area contributed by atoms with E-state index >= 15 is 0 Å². The van der Waals surface area contributed by atoms with E-state index in [0.29, 0.717) is 25.5 Å². The zero-order chi connectivity index (χ0) is 26.1. The van der Waals surface area contributed by atoms with Crippen LogP contribution < -0.4 is 10.1 Å². The first-order valence-electron chi connectivity index (χ1n) is 11.4. The van der Waals surface area contributed by atoms with Crippen LogP contribution in [-0.4, -0.2) is 94.1 Å². The lowest BCUT2D eigenvalue weighted by Gasteiger charge is -2.23. The van der Waals surface area contributed by atoms with E-state index in [4.69, 9.17) is 18.9 Å². The number of nitrogens with zero attached hydrogens (tertiary/aromatic N) is 1. The summed E-state index contributed by atoms with van der Waals surface area (Å²) in [7, 11) is 1.51. The maximum Gasteiger partial charge on any atom is 0.389 e. The highest BCUT2D eigenvalue weighted by atomic mass is 19.4. The number of rotatable bonds is 18. The van der Waals surface area contributed by atoms with Gasteiger partial charge in [-0.05, 0) is 31.0 Å². The monoisotopic (exact) mass is 508 g/mol. The van der Waals surface area contributed by atoms with E-state index in [1.54, 1.807) is 31.2 Å². The van der Waals surface area contributed by atoms with Gasteiger partial charge in [0.15, 0.2) is 6.10 Å². The summed E-state index contributed by atoms with van der Waals surface area (Å²) >= 11 is 0. The van der Waals surface area contributed by atoms with Crippen LogP contribution in [-0.2, 0) is 25.4 Å². The largest absolute Gasteiger partial charge is 0.492 e. The summed E-state index contributed by atoms with van der Waals surface area (Å²) < 4.78 is 57.6. The molecule has 1 aromatic rings. The predicted octanol–water partition coefficient (Wildman–Crippen LogP) is 3.11. The maximum atomic E-state index is 12.4. The highest BCUT2D eigenvalue weighted by Gasteiger charge is 2.26. The normalized spacial score (nSPS) is 12.3. The number of amides is 2. The maximum absolute atomic E-state index is 12.4. The van der Waals surface area contributed by atoms with Crippen molar-refractivity contribution in [1.29, 1.82) is 0 Å². The molecule has 35 heavy (non-hydrogen) atoms. The Bertz CT molecular complexity index is 733. The van der Waals surface area contributed by atoms with Gasteiger partial charge in [-0.25, -0.2) is 9.59 Å². The molecule has 0 bridgehead atoms. The van der Waals surface area contributed by atoms with Crippen molar-refractivity contribution in [1.82, 2.24) is 10.2 Å². The first kappa shape index (κ1) is 30.5. The fourth-order valence-corrected chi connectivity index (χ4v) is 2.97. The number of ether oxygens (including phenoxy) is 4. The number of carboxylic acid groups (broad SMARTS) is 1. The Morgan fingerprint density at radius 1 is 1.09 bits per heavy atom. The molecular weight excluding hydrogens is 473 g/mol. The van der Waals surface area contributed by atoms with Crippen molar-refractivity contribution in [2.45, 2.75) is 38.5 Å². The Kier molecular flexibility index (Phi) is 14.8. The molecule has 0 radical (unpaired) electrons. The number of carbonyl (C=O) groups is 2. The van der Waals surface area contributed by atoms with Crippen LogP contribution in [0.1, 0.15) is 25.3 Å². The minimum atomic E-state index is -4.21. The van der Waals surface area contributed by atoms with Crippen LogP contribution in [0.3, 0.4) is 0 Å². The number of nitrogens with one attached hydrogen (secondary N) is 1. The standard InChI is InChI=1S/C23H35F3N2O7/c1-3-34-20(21(29)30)17-18-5-7-19(8-6-18)35-16-12-28(22(31)27-10-14-32-2)11-15-33-13-4-9-23(24,25)26/h5-8,20H,3-4,9-17H2,1-2H3,(H,27,31)(H,29,30). The number of carbonyl (C=O) groups excluding carboxylic acids is 1. The molecule has 0 fully saturated rings. The first-order valence-corrected chi connectivity index (χ1v) is 11.4. The molecule has 0 saturated heterocycles. The molecule has 0 aliphatic rings. The molecule has 0 saturated carbocycles. The van der Waals surface area contributed by atoms with Gasteiger partial charge in [0.25, 0.3) is 0 Å². The van der Waals surface area contributed by atoms with Crippen molar-refractivity contribution in [3.8, 4) is 5.75 Å². The van der Waals surface area contributed by atoms with E-state index in [2.05, 4.69) is 5.32 Å². The lowest BCUT2D eigenvalue weighted by atomic mass is 10.1. The summed E-state index contributed by atoms with van der Waals surface area (Å²) in [6.45, 7) is 3.28. The van der Waals surface area contributed by atoms with Gasteiger partial charge in [0, 0.05) is 46.3 Å². The molecule has 0 heterocycles. The van der Waals surface area contributed by atoms with E-state index in [1.165, 1.54) is 12.0 Å². The van der Waals surface area contributed by atoms with E-state index in [0.717, 1.165) is 5.56 Å². The van der Waals surface area contributed by atoms with Gasteiger partial charge in [0.1, 0.15) is 12.4 Å². The fourth-order valence-electron chi connectivity index (χ4n) is 2.97. The molecule has 0 aromatic heterocycles. The average molecular weight is 509 g/mol. The molecule has 0 aliphatic heterocycles. The number of carboxylic acids is 1. The summed E-state index contributed by atoms with van der Waals surface area (Å²) in [5, 5.41) is 11.9. The number of benzene rings is 1. The second kappa shape index (κ2) is 17.0. The molecule has 1 unspecified atom stereocenters. The number of alkyl halides is 3. The average Bonchev–Trinajstić information content (AvgIpc) is 2.80. The summed E-state index contributed by atoms with van der Waals surface area (Å²) in [6, 6.07) is 6.53. The van der Waals surface area contributed by atoms with Gasteiger partial charge < -0.3 is 34.3 Å². The molecular formula is C23H35F3N2O7. The topological polar surface area (TPSA) is 107 Å². The minimum absolute atomic E-state index is 0.0481. The van der Waals surface area contributed by atoms with Gasteiger partial charge in [-0.1, -0.05) is 12.1 Å². The van der Waals surface area contributed by atoms with Crippen molar-refractivity contribution in [3.63, 3.8) is 0 Å². The van der Waals surface area contributed by atoms with Gasteiger partial charge >= 0.3 is 18.2 Å². The Labute approximate surface area is 203 Å². The second-order valence-electron chi connectivity index (χ2n) is 7.52. The van der Waals surface area contributed by atoms with Gasteiger partial charge in [0.2, 0.25) is 0 Å². The molecule has 200 valence electrons. The Morgan fingerprint density at radius 2 is 1.77 bits per heavy atom. The van der Waals surface area contributed by atoms with Crippen LogP contribution in [0.2, 0.25) is 0 Å². The highest BCUT2D eigenvalue weighted by molar-refractivity contribution is 5.74. The number of halogens is 3. The van der Waals surface area contributed by atoms with E-state index in [-0.39, 0.29) is 51.8 Å². The molecule has 0 spiro atoms. The number of hydrogen-bond donors (Lipinski definition) is 2. The zero-order valence-electron chi connectivity index (χ0n) is 20.1. The van der Waals surface area contributed by atoms with Crippen LogP contribution in [0.25, 0.3) is 0 Å². The SMILES string of the molecule is CCOC(Cc1ccc(OCCN(CCOCCCC(F)(F)F)C(=O)NCCOC)cc1)C(=O)O. The highest BCUT2D eigenvalue weighted by Crippen LogP contribution is 2.21. The third-order valence-electron chi connectivity index (χ3n) is 4.74. The van der Waals surface area contributed by atoms with Crippen LogP contribution >= 0.6 is 0 Å². The van der Waals surface area contributed by atoms with E-state index in [9.17, 15) is 27.9 Å². The van der Waals surface area contributed by atoms with Gasteiger partial charge in [-0.15, -0.1) is 0 Å². The van der Waals surface area contributed by atoms with E-state index in [1.807, 2.05) is 0 Å². The number of methoxy groups -OCH3 is 1. The van der Waals surface area contributed by atoms with Crippen LogP contribution in [0.4, 0.5) is 18.0 Å².